The highest BCUT2D eigenvalue weighted by molar-refractivity contribution is 5.67. The molecule has 0 amide bonds. The summed E-state index contributed by atoms with van der Waals surface area (Å²) in [5, 5.41) is 13.6. The van der Waals surface area contributed by atoms with Gasteiger partial charge in [-0.15, -0.1) is 0 Å². The molecule has 2 heterocycles. The summed E-state index contributed by atoms with van der Waals surface area (Å²) in [6, 6.07) is 41.2. The van der Waals surface area contributed by atoms with Crippen molar-refractivity contribution in [3.63, 3.8) is 0 Å². The Labute approximate surface area is 445 Å². The number of aromatic nitrogens is 6. The average Bonchev–Trinajstić information content (AvgIpc) is 3.37. The van der Waals surface area contributed by atoms with Gasteiger partial charge in [0.05, 0.1) is 24.4 Å². The summed E-state index contributed by atoms with van der Waals surface area (Å²) < 4.78 is 27.6. The van der Waals surface area contributed by atoms with Crippen LogP contribution in [0.5, 0.6) is 23.0 Å². The van der Waals surface area contributed by atoms with E-state index in [9.17, 15) is 0 Å². The van der Waals surface area contributed by atoms with E-state index in [-0.39, 0.29) is 36.3 Å². The number of benzene rings is 6. The Morgan fingerprint density at radius 3 is 0.961 bits per heavy atom. The number of nitrogens with one attached hydrogen (secondary N) is 4. The minimum absolute atomic E-state index is 0.0837. The molecule has 0 spiro atoms. The SMILES string of the molecule is CC(C)Oc1c2cccc1Cc1cc(Nc3nc(N)nc(NCc4ccccc4)n3)cc(c1OC(C)C)Cc1cccc(c1OC(C)C)Cc1cc(Nc3nc(N)nc(NCc4ccccc4)n3)cc(c1OC(C)C)C2. The minimum atomic E-state index is -0.141. The zero-order chi connectivity index (χ0) is 53.3. The maximum atomic E-state index is 6.89. The number of hydrogen-bond acceptors (Lipinski definition) is 16. The van der Waals surface area contributed by atoms with Gasteiger partial charge < -0.3 is 51.7 Å². The Kier molecular flexibility index (Phi) is 16.3. The predicted octanol–water partition coefficient (Wildman–Crippen LogP) is 11.8. The number of nitrogen functional groups attached to an aromatic ring is 2. The van der Waals surface area contributed by atoms with E-state index in [4.69, 9.17) is 40.4 Å². The van der Waals surface area contributed by atoms with E-state index in [1.807, 2.05) is 60.7 Å². The van der Waals surface area contributed by atoms with Crippen LogP contribution in [-0.2, 0) is 38.8 Å². The molecule has 8 bridgehead atoms. The zero-order valence-corrected chi connectivity index (χ0v) is 44.6. The molecule has 1 aliphatic carbocycles. The molecule has 16 heteroatoms. The second-order valence-electron chi connectivity index (χ2n) is 20.0. The Hall–Kier alpha value is -8.66. The van der Waals surface area contributed by atoms with Gasteiger partial charge in [-0.05, 0) is 113 Å². The molecule has 9 rings (SSSR count). The topological polar surface area (TPSA) is 214 Å². The first-order chi connectivity index (χ1) is 36.7. The first-order valence-corrected chi connectivity index (χ1v) is 26.0. The van der Waals surface area contributed by atoms with Crippen molar-refractivity contribution in [1.82, 2.24) is 29.9 Å². The molecule has 16 nitrogen and oxygen atoms in total. The van der Waals surface area contributed by atoms with Gasteiger partial charge in [0.2, 0.25) is 35.7 Å². The van der Waals surface area contributed by atoms with Gasteiger partial charge in [-0.25, -0.2) is 0 Å². The Morgan fingerprint density at radius 1 is 0.368 bits per heavy atom. The fraction of sp³-hybridized carbons (Fsp3) is 0.300. The van der Waals surface area contributed by atoms with Gasteiger partial charge in [0, 0.05) is 72.4 Å². The summed E-state index contributed by atoms with van der Waals surface area (Å²) in [7, 11) is 0. The van der Waals surface area contributed by atoms with Gasteiger partial charge in [-0.3, -0.25) is 0 Å². The smallest absolute Gasteiger partial charge is 0.233 e. The molecule has 0 unspecified atom stereocenters. The number of hydrogen-bond donors (Lipinski definition) is 6. The molecule has 8 aromatic rings. The highest BCUT2D eigenvalue weighted by atomic mass is 16.5. The second kappa shape index (κ2) is 23.7. The minimum Gasteiger partial charge on any atom is -0.490 e. The summed E-state index contributed by atoms with van der Waals surface area (Å²) in [6.07, 6.45) is 1.28. The molecular formula is C60H68N12O4. The van der Waals surface area contributed by atoms with E-state index in [1.54, 1.807) is 0 Å². The molecular weight excluding hydrogens is 953 g/mol. The van der Waals surface area contributed by atoms with Crippen LogP contribution in [0.1, 0.15) is 111 Å². The molecule has 6 aromatic carbocycles. The normalized spacial score (nSPS) is 12.2. The van der Waals surface area contributed by atoms with Gasteiger partial charge in [0.15, 0.2) is 0 Å². The van der Waals surface area contributed by atoms with Crippen molar-refractivity contribution < 1.29 is 18.9 Å². The third kappa shape index (κ3) is 13.5. The number of rotatable bonds is 18. The van der Waals surface area contributed by atoms with Gasteiger partial charge >= 0.3 is 0 Å². The zero-order valence-electron chi connectivity index (χ0n) is 44.6. The maximum absolute atomic E-state index is 6.89. The number of ether oxygens (including phenoxy) is 4. The van der Waals surface area contributed by atoms with Crippen molar-refractivity contribution in [2.45, 2.75) is 119 Å². The fourth-order valence-corrected chi connectivity index (χ4v) is 9.25. The van der Waals surface area contributed by atoms with E-state index in [1.165, 1.54) is 0 Å². The molecule has 0 saturated heterocycles. The van der Waals surface area contributed by atoms with E-state index >= 15 is 0 Å². The van der Waals surface area contributed by atoms with Crippen LogP contribution < -0.4 is 51.7 Å². The van der Waals surface area contributed by atoms with Crippen LogP contribution in [0.15, 0.2) is 121 Å². The maximum Gasteiger partial charge on any atom is 0.233 e. The summed E-state index contributed by atoms with van der Waals surface area (Å²) in [4.78, 5) is 27.4. The Morgan fingerprint density at radius 2 is 0.658 bits per heavy atom. The molecule has 2 aromatic heterocycles. The fourth-order valence-electron chi connectivity index (χ4n) is 9.25. The van der Waals surface area contributed by atoms with Gasteiger partial charge in [0.25, 0.3) is 0 Å². The Bertz CT molecular complexity index is 2970. The van der Waals surface area contributed by atoms with E-state index in [0.29, 0.717) is 62.6 Å². The Balaban J connectivity index is 1.19. The van der Waals surface area contributed by atoms with Crippen molar-refractivity contribution in [2.75, 3.05) is 32.7 Å². The first kappa shape index (κ1) is 52.2. The number of fused-ring (bicyclic) bond motifs is 8. The predicted molar refractivity (Wildman–Crippen MR) is 303 cm³/mol. The number of anilines is 8. The summed E-state index contributed by atoms with van der Waals surface area (Å²) in [5.74, 6) is 4.59. The van der Waals surface area contributed by atoms with Crippen LogP contribution in [0.4, 0.5) is 47.1 Å². The quantitative estimate of drug-likeness (QED) is 0.0471. The molecule has 0 radical (unpaired) electrons. The van der Waals surface area contributed by atoms with Crippen molar-refractivity contribution in [2.24, 2.45) is 0 Å². The largest absolute Gasteiger partial charge is 0.490 e. The highest BCUT2D eigenvalue weighted by Gasteiger charge is 2.25. The lowest BCUT2D eigenvalue weighted by molar-refractivity contribution is 0.233. The van der Waals surface area contributed by atoms with Crippen LogP contribution in [-0.4, -0.2) is 54.3 Å². The lowest BCUT2D eigenvalue weighted by atomic mass is 9.90. The summed E-state index contributed by atoms with van der Waals surface area (Å²) in [6.45, 7) is 17.4. The van der Waals surface area contributed by atoms with Crippen molar-refractivity contribution in [3.05, 3.63) is 177 Å². The second-order valence-corrected chi connectivity index (χ2v) is 20.0. The van der Waals surface area contributed by atoms with Gasteiger partial charge in [-0.1, -0.05) is 97.1 Å². The standard InChI is InChI=1S/C60H68N12O4/c1-35(2)73-51-41-21-15-22-42(51)26-46-30-50(66-60-70-56(62)68-58(72-60)64-34-40-19-13-10-14-20-40)32-48(54(46)76-38(7)8)28-44-24-16-23-43(52(44)74-36(3)4)27-47-31-49(29-45(25-41)53(47)75-37(5)6)65-59-69-55(61)67-57(71-59)63-33-39-17-11-9-12-18-39/h9-24,29-32,35-38H,25-28,33-34H2,1-8H3,(H4,61,63,65,67,69,71)(H4,62,64,66,68,70,72). The summed E-state index contributed by atoms with van der Waals surface area (Å²) >= 11 is 0. The average molecular weight is 1020 g/mol. The molecule has 1 aliphatic rings. The number of nitrogens with zero attached hydrogens (tertiary/aromatic N) is 6. The van der Waals surface area contributed by atoms with Crippen molar-refractivity contribution in [1.29, 1.82) is 0 Å². The van der Waals surface area contributed by atoms with Crippen molar-refractivity contribution in [3.8, 4) is 23.0 Å². The summed E-state index contributed by atoms with van der Waals surface area (Å²) in [5.41, 5.74) is 24.0. The van der Waals surface area contributed by atoms with Gasteiger partial charge in [-0.2, -0.15) is 29.9 Å². The van der Waals surface area contributed by atoms with Crippen LogP contribution in [0, 0.1) is 0 Å². The van der Waals surface area contributed by atoms with Crippen LogP contribution in [0.25, 0.3) is 0 Å². The van der Waals surface area contributed by atoms with Crippen LogP contribution in [0.3, 0.4) is 0 Å². The molecule has 0 fully saturated rings. The molecule has 392 valence electrons. The molecule has 0 aliphatic heterocycles. The number of nitrogens with two attached hydrogens (primary N) is 2. The van der Waals surface area contributed by atoms with Gasteiger partial charge in [0.1, 0.15) is 23.0 Å². The third-order valence-corrected chi connectivity index (χ3v) is 12.2. The van der Waals surface area contributed by atoms with E-state index in [0.717, 1.165) is 90.0 Å². The van der Waals surface area contributed by atoms with Crippen molar-refractivity contribution >= 4 is 47.1 Å². The first-order valence-electron chi connectivity index (χ1n) is 26.0. The van der Waals surface area contributed by atoms with Crippen LogP contribution in [0.2, 0.25) is 0 Å². The highest BCUT2D eigenvalue weighted by Crippen LogP contribution is 2.42. The molecule has 0 atom stereocenters. The lowest BCUT2D eigenvalue weighted by Gasteiger charge is -2.26. The molecule has 76 heavy (non-hydrogen) atoms. The van der Waals surface area contributed by atoms with E-state index in [2.05, 4.69) is 157 Å². The van der Waals surface area contributed by atoms with E-state index < -0.39 is 0 Å². The molecule has 8 N–H and O–H groups in total. The lowest BCUT2D eigenvalue weighted by Crippen LogP contribution is -2.15. The number of para-hydroxylation sites is 2. The third-order valence-electron chi connectivity index (χ3n) is 12.2. The van der Waals surface area contributed by atoms with Crippen LogP contribution >= 0.6 is 0 Å². The monoisotopic (exact) mass is 1020 g/mol. The molecule has 0 saturated carbocycles.